The number of benzene rings is 2. The third kappa shape index (κ3) is 4.20. The topological polar surface area (TPSA) is 59.8 Å². The van der Waals surface area contributed by atoms with Crippen LogP contribution in [0.3, 0.4) is 0 Å². The van der Waals surface area contributed by atoms with Crippen LogP contribution in [-0.2, 0) is 18.3 Å². The third-order valence-corrected chi connectivity index (χ3v) is 6.00. The molecule has 136 valence electrons. The van der Waals surface area contributed by atoms with E-state index in [1.165, 1.54) is 39.6 Å². The molecule has 0 saturated heterocycles. The molecule has 4 rings (SSSR count). The monoisotopic (exact) mass is 394 g/mol. The molecule has 4 aromatic rings. The Balaban J connectivity index is 1.39. The summed E-state index contributed by atoms with van der Waals surface area (Å²) in [5.41, 5.74) is 2.41. The number of fused-ring (bicyclic) bond motifs is 1. The fourth-order valence-electron chi connectivity index (χ4n) is 2.93. The third-order valence-electron chi connectivity index (χ3n) is 4.15. The minimum atomic E-state index is -0.0725. The van der Waals surface area contributed by atoms with Crippen LogP contribution in [0.25, 0.3) is 10.9 Å². The van der Waals surface area contributed by atoms with E-state index in [2.05, 4.69) is 38.4 Å². The summed E-state index contributed by atoms with van der Waals surface area (Å²) < 4.78 is 2.12. The normalized spacial score (nSPS) is 11.0. The average molecular weight is 395 g/mol. The standard InChI is InChI=1S/C20H18N4OS2/c1-24-12-14(16-9-5-6-10-17(16)24)11-19-22-23-20(27-19)21-18(25)13-26-15-7-3-2-4-8-15/h2-10,12H,11,13H2,1H3,(H,21,23,25). The summed E-state index contributed by atoms with van der Waals surface area (Å²) in [5.74, 6) is 0.277. The van der Waals surface area contributed by atoms with Crippen molar-refractivity contribution in [3.05, 3.63) is 71.4 Å². The van der Waals surface area contributed by atoms with Gasteiger partial charge < -0.3 is 4.57 Å². The summed E-state index contributed by atoms with van der Waals surface area (Å²) in [6.07, 6.45) is 2.83. The van der Waals surface area contributed by atoms with Gasteiger partial charge in [-0.05, 0) is 23.8 Å². The maximum Gasteiger partial charge on any atom is 0.236 e. The summed E-state index contributed by atoms with van der Waals surface area (Å²) >= 11 is 2.93. The number of nitrogens with zero attached hydrogens (tertiary/aromatic N) is 3. The highest BCUT2D eigenvalue weighted by molar-refractivity contribution is 8.00. The quantitative estimate of drug-likeness (QED) is 0.494. The highest BCUT2D eigenvalue weighted by Gasteiger charge is 2.12. The van der Waals surface area contributed by atoms with E-state index < -0.39 is 0 Å². The van der Waals surface area contributed by atoms with E-state index in [0.717, 1.165) is 9.90 Å². The van der Waals surface area contributed by atoms with Gasteiger partial charge in [0.15, 0.2) is 0 Å². The first-order chi connectivity index (χ1) is 13.2. The van der Waals surface area contributed by atoms with E-state index in [1.807, 2.05) is 49.5 Å². The van der Waals surface area contributed by atoms with Gasteiger partial charge in [-0.2, -0.15) is 0 Å². The lowest BCUT2D eigenvalue weighted by atomic mass is 10.1. The zero-order valence-corrected chi connectivity index (χ0v) is 16.4. The maximum absolute atomic E-state index is 12.1. The van der Waals surface area contributed by atoms with Crippen molar-refractivity contribution in [3.8, 4) is 0 Å². The van der Waals surface area contributed by atoms with Gasteiger partial charge in [-0.15, -0.1) is 22.0 Å². The number of amides is 1. The van der Waals surface area contributed by atoms with Crippen molar-refractivity contribution in [2.45, 2.75) is 11.3 Å². The van der Waals surface area contributed by atoms with Crippen molar-refractivity contribution in [1.82, 2.24) is 14.8 Å². The number of hydrogen-bond acceptors (Lipinski definition) is 5. The molecule has 2 aromatic heterocycles. The zero-order chi connectivity index (χ0) is 18.6. The number of aryl methyl sites for hydroxylation is 1. The van der Waals surface area contributed by atoms with Gasteiger partial charge in [-0.25, -0.2) is 0 Å². The van der Waals surface area contributed by atoms with E-state index in [0.29, 0.717) is 17.3 Å². The van der Waals surface area contributed by atoms with Gasteiger partial charge >= 0.3 is 0 Å². The molecular formula is C20H18N4OS2. The van der Waals surface area contributed by atoms with Gasteiger partial charge in [0.25, 0.3) is 0 Å². The lowest BCUT2D eigenvalue weighted by Gasteiger charge is -2.01. The molecule has 5 nitrogen and oxygen atoms in total. The fraction of sp³-hybridized carbons (Fsp3) is 0.150. The minimum absolute atomic E-state index is 0.0725. The number of para-hydroxylation sites is 1. The molecular weight excluding hydrogens is 376 g/mol. The van der Waals surface area contributed by atoms with Crippen molar-refractivity contribution in [2.75, 3.05) is 11.1 Å². The van der Waals surface area contributed by atoms with Crippen molar-refractivity contribution in [2.24, 2.45) is 7.05 Å². The Morgan fingerprint density at radius 2 is 1.89 bits per heavy atom. The number of thioether (sulfide) groups is 1. The van der Waals surface area contributed by atoms with E-state index in [4.69, 9.17) is 0 Å². The molecule has 0 aliphatic heterocycles. The van der Waals surface area contributed by atoms with E-state index in [9.17, 15) is 4.79 Å². The summed E-state index contributed by atoms with van der Waals surface area (Å²) in [6.45, 7) is 0. The van der Waals surface area contributed by atoms with Crippen LogP contribution < -0.4 is 5.32 Å². The second kappa shape index (κ2) is 7.94. The zero-order valence-electron chi connectivity index (χ0n) is 14.8. The van der Waals surface area contributed by atoms with Crippen LogP contribution in [0.5, 0.6) is 0 Å². The van der Waals surface area contributed by atoms with E-state index in [-0.39, 0.29) is 5.91 Å². The minimum Gasteiger partial charge on any atom is -0.350 e. The molecule has 2 heterocycles. The van der Waals surface area contributed by atoms with Gasteiger partial charge in [-0.3, -0.25) is 10.1 Å². The van der Waals surface area contributed by atoms with Crippen LogP contribution in [-0.4, -0.2) is 26.4 Å². The van der Waals surface area contributed by atoms with Gasteiger partial charge in [0.1, 0.15) is 5.01 Å². The van der Waals surface area contributed by atoms with Crippen LogP contribution in [0.4, 0.5) is 5.13 Å². The predicted molar refractivity (Wildman–Crippen MR) is 111 cm³/mol. The Kier molecular flexibility index (Phi) is 5.22. The summed E-state index contributed by atoms with van der Waals surface area (Å²) in [4.78, 5) is 13.2. The van der Waals surface area contributed by atoms with Crippen molar-refractivity contribution >= 4 is 45.0 Å². The second-order valence-corrected chi connectivity index (χ2v) is 8.22. The smallest absolute Gasteiger partial charge is 0.236 e. The first-order valence-corrected chi connectivity index (χ1v) is 10.3. The highest BCUT2D eigenvalue weighted by atomic mass is 32.2. The van der Waals surface area contributed by atoms with Crippen LogP contribution in [0.15, 0.2) is 65.7 Å². The van der Waals surface area contributed by atoms with Crippen LogP contribution >= 0.6 is 23.1 Å². The molecule has 0 atom stereocenters. The van der Waals surface area contributed by atoms with E-state index in [1.54, 1.807) is 0 Å². The lowest BCUT2D eigenvalue weighted by Crippen LogP contribution is -2.13. The first-order valence-electron chi connectivity index (χ1n) is 8.52. The Morgan fingerprint density at radius 3 is 2.74 bits per heavy atom. The summed E-state index contributed by atoms with van der Waals surface area (Å²) in [5, 5.41) is 13.8. The van der Waals surface area contributed by atoms with Crippen LogP contribution in [0.2, 0.25) is 0 Å². The predicted octanol–water partition coefficient (Wildman–Crippen LogP) is 4.35. The molecule has 0 fully saturated rings. The number of carbonyl (C=O) groups excluding carboxylic acids is 1. The van der Waals surface area contributed by atoms with Gasteiger partial charge in [0.05, 0.1) is 5.75 Å². The van der Waals surface area contributed by atoms with Gasteiger partial charge in [0.2, 0.25) is 11.0 Å². The average Bonchev–Trinajstić information content (AvgIpc) is 3.26. The molecule has 0 unspecified atom stereocenters. The van der Waals surface area contributed by atoms with Crippen molar-refractivity contribution in [3.63, 3.8) is 0 Å². The molecule has 0 saturated carbocycles. The molecule has 1 amide bonds. The first kappa shape index (κ1) is 17.8. The molecule has 27 heavy (non-hydrogen) atoms. The number of anilines is 1. The SMILES string of the molecule is Cn1cc(Cc2nnc(NC(=O)CSc3ccccc3)s2)c2ccccc21. The molecule has 0 bridgehead atoms. The Morgan fingerprint density at radius 1 is 1.11 bits per heavy atom. The van der Waals surface area contributed by atoms with E-state index >= 15 is 0 Å². The second-order valence-electron chi connectivity index (χ2n) is 6.11. The molecule has 0 spiro atoms. The Hall–Kier alpha value is -2.64. The Bertz CT molecular complexity index is 1070. The largest absolute Gasteiger partial charge is 0.350 e. The summed E-state index contributed by atoms with van der Waals surface area (Å²) in [7, 11) is 2.04. The number of nitrogens with one attached hydrogen (secondary N) is 1. The molecule has 2 aromatic carbocycles. The number of rotatable bonds is 6. The molecule has 7 heteroatoms. The van der Waals surface area contributed by atoms with Crippen LogP contribution in [0, 0.1) is 0 Å². The van der Waals surface area contributed by atoms with Crippen molar-refractivity contribution in [1.29, 1.82) is 0 Å². The molecule has 0 aliphatic rings. The fourth-order valence-corrected chi connectivity index (χ4v) is 4.42. The van der Waals surface area contributed by atoms with Gasteiger partial charge in [0, 0.05) is 35.5 Å². The molecule has 0 aliphatic carbocycles. The number of aromatic nitrogens is 3. The van der Waals surface area contributed by atoms with Crippen molar-refractivity contribution < 1.29 is 4.79 Å². The highest BCUT2D eigenvalue weighted by Crippen LogP contribution is 2.25. The van der Waals surface area contributed by atoms with Gasteiger partial charge in [-0.1, -0.05) is 47.7 Å². The van der Waals surface area contributed by atoms with Crippen LogP contribution in [0.1, 0.15) is 10.6 Å². The number of hydrogen-bond donors (Lipinski definition) is 1. The molecule has 0 radical (unpaired) electrons. The number of carbonyl (C=O) groups is 1. The molecule has 1 N–H and O–H groups in total. The lowest BCUT2D eigenvalue weighted by molar-refractivity contribution is -0.113. The summed E-state index contributed by atoms with van der Waals surface area (Å²) in [6, 6.07) is 18.2. The maximum atomic E-state index is 12.1. The Labute approximate surface area is 165 Å².